The molecule has 0 N–H and O–H groups in total. The van der Waals surface area contributed by atoms with Crippen LogP contribution in [0.5, 0.6) is 0 Å². The summed E-state index contributed by atoms with van der Waals surface area (Å²) in [6, 6.07) is -0.373. The molecule has 0 aromatic carbocycles. The third-order valence-electron chi connectivity index (χ3n) is 3.55. The first-order valence-electron chi connectivity index (χ1n) is 5.84. The van der Waals surface area contributed by atoms with Crippen molar-refractivity contribution in [2.24, 2.45) is 11.3 Å². The molecule has 4 nitrogen and oxygen atoms in total. The molecule has 4 heteroatoms. The first-order chi connectivity index (χ1) is 7.55. The highest BCUT2D eigenvalue weighted by atomic mass is 16.9. The van der Waals surface area contributed by atoms with Crippen LogP contribution in [-0.2, 0) is 14.2 Å². The maximum Gasteiger partial charge on any atom is 0.363 e. The molecule has 0 radical (unpaired) electrons. The maximum atomic E-state index is 7.31. The van der Waals surface area contributed by atoms with Crippen LogP contribution in [0.3, 0.4) is 0 Å². The Morgan fingerprint density at radius 2 is 1.75 bits per heavy atom. The lowest BCUT2D eigenvalue weighted by molar-refractivity contribution is -0.471. The Morgan fingerprint density at radius 3 is 2.12 bits per heavy atom. The predicted octanol–water partition coefficient (Wildman–Crippen LogP) is 2.06. The second-order valence-corrected chi connectivity index (χ2v) is 5.24. The summed E-state index contributed by atoms with van der Waals surface area (Å²) < 4.78 is 17.1. The summed E-state index contributed by atoms with van der Waals surface area (Å²) in [5.74, 6) is -0.894. The molecule has 3 heterocycles. The van der Waals surface area contributed by atoms with Gasteiger partial charge in [0.2, 0.25) is 0 Å². The molecule has 3 aliphatic heterocycles. The van der Waals surface area contributed by atoms with Crippen molar-refractivity contribution in [2.75, 3.05) is 19.8 Å². The van der Waals surface area contributed by atoms with E-state index >= 15 is 0 Å². The summed E-state index contributed by atoms with van der Waals surface area (Å²) in [4.78, 5) is 3.65. The molecule has 0 aromatic rings. The topological polar surface area (TPSA) is 32.0 Å². The van der Waals surface area contributed by atoms with Crippen molar-refractivity contribution in [1.29, 1.82) is 0 Å². The van der Waals surface area contributed by atoms with Crippen LogP contribution in [0.2, 0.25) is 0 Å². The van der Waals surface area contributed by atoms with Crippen LogP contribution in [-0.4, -0.2) is 31.8 Å². The zero-order valence-electron chi connectivity index (χ0n) is 10.2. The molecule has 3 fully saturated rings. The quantitative estimate of drug-likeness (QED) is 0.689. The molecule has 0 aromatic heterocycles. The second kappa shape index (κ2) is 3.99. The van der Waals surface area contributed by atoms with Gasteiger partial charge in [0, 0.05) is 11.3 Å². The molecule has 0 spiro atoms. The van der Waals surface area contributed by atoms with Gasteiger partial charge in [0.15, 0.2) is 0 Å². The Kier molecular flexibility index (Phi) is 2.95. The highest BCUT2D eigenvalue weighted by Gasteiger charge is 2.59. The van der Waals surface area contributed by atoms with Crippen molar-refractivity contribution in [1.82, 2.24) is 0 Å². The fourth-order valence-electron chi connectivity index (χ4n) is 2.11. The average molecular weight is 225 g/mol. The van der Waals surface area contributed by atoms with Crippen molar-refractivity contribution in [3.8, 4) is 0 Å². The fraction of sp³-hybridized carbons (Fsp3) is 0.917. The van der Waals surface area contributed by atoms with Crippen LogP contribution in [0.25, 0.3) is 4.85 Å². The Hall–Kier alpha value is -0.630. The first-order valence-corrected chi connectivity index (χ1v) is 5.84. The summed E-state index contributed by atoms with van der Waals surface area (Å²) >= 11 is 0. The Balaban J connectivity index is 2.17. The van der Waals surface area contributed by atoms with Crippen LogP contribution in [0.1, 0.15) is 27.2 Å². The standard InChI is InChI=1S/C12H19NO3/c1-5-9(2)10(13-4)12-14-6-11(3,7-15-12)8-16-12/h9-10H,5-8H2,1-3H3/t9-,10-,11?,12?/m0/s1. The largest absolute Gasteiger partial charge is 0.363 e. The average Bonchev–Trinajstić information content (AvgIpc) is 2.31. The van der Waals surface area contributed by atoms with Crippen LogP contribution >= 0.6 is 0 Å². The lowest BCUT2D eigenvalue weighted by atomic mass is 9.89. The molecule has 0 amide bonds. The first kappa shape index (κ1) is 11.8. The van der Waals surface area contributed by atoms with Crippen molar-refractivity contribution >= 4 is 0 Å². The van der Waals surface area contributed by atoms with E-state index in [1.807, 2.05) is 6.92 Å². The van der Waals surface area contributed by atoms with Crippen LogP contribution < -0.4 is 0 Å². The van der Waals surface area contributed by atoms with Crippen molar-refractivity contribution in [2.45, 2.75) is 39.2 Å². The number of ether oxygens (including phenoxy) is 3. The minimum atomic E-state index is -1.10. The van der Waals surface area contributed by atoms with E-state index in [1.54, 1.807) is 0 Å². The number of fused-ring (bicyclic) bond motifs is 3. The molecular weight excluding hydrogens is 206 g/mol. The third-order valence-corrected chi connectivity index (χ3v) is 3.55. The molecule has 16 heavy (non-hydrogen) atoms. The van der Waals surface area contributed by atoms with Gasteiger partial charge in [-0.1, -0.05) is 20.8 Å². The zero-order chi connectivity index (χ0) is 11.8. The van der Waals surface area contributed by atoms with Crippen LogP contribution in [0, 0.1) is 17.9 Å². The van der Waals surface area contributed by atoms with Gasteiger partial charge in [-0.25, -0.2) is 6.57 Å². The van der Waals surface area contributed by atoms with Gasteiger partial charge >= 0.3 is 12.0 Å². The molecule has 0 unspecified atom stereocenters. The Labute approximate surface area is 96.7 Å². The summed E-state index contributed by atoms with van der Waals surface area (Å²) in [6.07, 6.45) is 0.919. The number of hydrogen-bond acceptors (Lipinski definition) is 3. The van der Waals surface area contributed by atoms with E-state index in [-0.39, 0.29) is 17.4 Å². The number of rotatable bonds is 3. The Bertz CT molecular complexity index is 285. The van der Waals surface area contributed by atoms with Gasteiger partial charge in [-0.3, -0.25) is 0 Å². The molecular formula is C12H19NO3. The second-order valence-electron chi connectivity index (χ2n) is 5.24. The molecule has 90 valence electrons. The number of hydrogen-bond donors (Lipinski definition) is 0. The molecule has 3 rings (SSSR count). The van der Waals surface area contributed by atoms with Gasteiger partial charge in [0.1, 0.15) is 0 Å². The van der Waals surface area contributed by atoms with E-state index in [4.69, 9.17) is 20.8 Å². The summed E-state index contributed by atoms with van der Waals surface area (Å²) in [6.45, 7) is 15.3. The monoisotopic (exact) mass is 225 g/mol. The van der Waals surface area contributed by atoms with Gasteiger partial charge in [-0.15, -0.1) is 0 Å². The highest BCUT2D eigenvalue weighted by Crippen LogP contribution is 2.42. The van der Waals surface area contributed by atoms with Gasteiger partial charge in [0.05, 0.1) is 19.8 Å². The highest BCUT2D eigenvalue weighted by molar-refractivity contribution is 4.97. The van der Waals surface area contributed by atoms with Gasteiger partial charge in [0.25, 0.3) is 0 Å². The Morgan fingerprint density at radius 1 is 1.25 bits per heavy atom. The van der Waals surface area contributed by atoms with E-state index in [0.29, 0.717) is 19.8 Å². The summed E-state index contributed by atoms with van der Waals surface area (Å²) in [7, 11) is 0. The van der Waals surface area contributed by atoms with Gasteiger partial charge in [-0.05, 0) is 6.42 Å². The zero-order valence-corrected chi connectivity index (χ0v) is 10.2. The molecule has 0 aliphatic carbocycles. The van der Waals surface area contributed by atoms with Crippen LogP contribution in [0.4, 0.5) is 0 Å². The molecule has 3 saturated heterocycles. The predicted molar refractivity (Wildman–Crippen MR) is 58.5 cm³/mol. The van der Waals surface area contributed by atoms with Crippen LogP contribution in [0.15, 0.2) is 0 Å². The maximum absolute atomic E-state index is 7.31. The van der Waals surface area contributed by atoms with E-state index in [1.165, 1.54) is 0 Å². The lowest BCUT2D eigenvalue weighted by Gasteiger charge is -2.50. The SMILES string of the molecule is [C-]#[N+][C@@H]([C@@H](C)CC)C12OCC(C)(CO1)CO2. The van der Waals surface area contributed by atoms with Crippen molar-refractivity contribution in [3.05, 3.63) is 11.4 Å². The molecule has 3 aliphatic rings. The summed E-state index contributed by atoms with van der Waals surface area (Å²) in [5, 5.41) is 0. The van der Waals surface area contributed by atoms with Crippen molar-refractivity contribution in [3.63, 3.8) is 0 Å². The minimum absolute atomic E-state index is 0.0379. The molecule has 2 bridgehead atoms. The fourth-order valence-corrected chi connectivity index (χ4v) is 2.11. The smallest absolute Gasteiger partial charge is 0.320 e. The van der Waals surface area contributed by atoms with E-state index in [9.17, 15) is 0 Å². The van der Waals surface area contributed by atoms with Gasteiger partial charge in [-0.2, -0.15) is 0 Å². The number of nitrogens with zero attached hydrogens (tertiary/aromatic N) is 1. The third kappa shape index (κ3) is 1.73. The van der Waals surface area contributed by atoms with E-state index in [0.717, 1.165) is 6.42 Å². The summed E-state index contributed by atoms with van der Waals surface area (Å²) in [5.41, 5.74) is -0.0379. The minimum Gasteiger partial charge on any atom is -0.320 e. The van der Waals surface area contributed by atoms with E-state index < -0.39 is 5.97 Å². The van der Waals surface area contributed by atoms with Crippen molar-refractivity contribution < 1.29 is 14.2 Å². The molecule has 2 atom stereocenters. The van der Waals surface area contributed by atoms with E-state index in [2.05, 4.69) is 18.7 Å². The normalized spacial score (nSPS) is 41.4. The lowest BCUT2D eigenvalue weighted by Crippen LogP contribution is -2.64. The molecule has 0 saturated carbocycles. The van der Waals surface area contributed by atoms with Gasteiger partial charge < -0.3 is 19.1 Å².